The highest BCUT2D eigenvalue weighted by atomic mass is 35.5. The van der Waals surface area contributed by atoms with E-state index in [4.69, 9.17) is 0 Å². The van der Waals surface area contributed by atoms with E-state index in [1.807, 2.05) is 36.4 Å². The van der Waals surface area contributed by atoms with Crippen molar-refractivity contribution in [3.8, 4) is 0 Å². The smallest absolute Gasteiger partial charge is 0.217 e. The quantitative estimate of drug-likeness (QED) is 0.756. The van der Waals surface area contributed by atoms with Gasteiger partial charge < -0.3 is 5.32 Å². The molecule has 1 aliphatic carbocycles. The molecule has 0 fully saturated rings. The predicted molar refractivity (Wildman–Crippen MR) is 59.3 cm³/mol. The van der Waals surface area contributed by atoms with Crippen LogP contribution in [0.3, 0.4) is 0 Å². The Balaban J connectivity index is 0.000000980. The number of rotatable bonds is 1. The molecule has 0 aromatic heterocycles. The topological polar surface area (TPSA) is 29.1 Å². The van der Waals surface area contributed by atoms with Crippen molar-refractivity contribution in [1.29, 1.82) is 0 Å². The predicted octanol–water partition coefficient (Wildman–Crippen LogP) is 2.31. The summed E-state index contributed by atoms with van der Waals surface area (Å²) in [6, 6.07) is 8.14. The molecule has 74 valence electrons. The number of carbonyl (C=O) groups excluding carboxylic acids is 1. The van der Waals surface area contributed by atoms with Crippen LogP contribution in [0.5, 0.6) is 0 Å². The number of fused-ring (bicyclic) bond motifs is 1. The third-order valence-corrected chi connectivity index (χ3v) is 2.16. The van der Waals surface area contributed by atoms with Crippen LogP contribution in [0.15, 0.2) is 30.3 Å². The number of nitrogens with one attached hydrogen (secondary N) is 1. The van der Waals surface area contributed by atoms with Gasteiger partial charge in [-0.05, 0) is 11.1 Å². The van der Waals surface area contributed by atoms with Gasteiger partial charge >= 0.3 is 0 Å². The van der Waals surface area contributed by atoms with E-state index < -0.39 is 0 Å². The lowest BCUT2D eigenvalue weighted by Crippen LogP contribution is -2.23. The van der Waals surface area contributed by atoms with Crippen molar-refractivity contribution in [1.82, 2.24) is 5.32 Å². The van der Waals surface area contributed by atoms with Crippen molar-refractivity contribution in [2.24, 2.45) is 0 Å². The van der Waals surface area contributed by atoms with Crippen molar-refractivity contribution in [3.05, 3.63) is 41.5 Å². The van der Waals surface area contributed by atoms with E-state index in [2.05, 4.69) is 5.32 Å². The SMILES string of the molecule is CC(=O)NC1C=Cc2ccccc21.Cl. The van der Waals surface area contributed by atoms with Gasteiger partial charge in [0.2, 0.25) is 5.91 Å². The van der Waals surface area contributed by atoms with Crippen LogP contribution in [0.2, 0.25) is 0 Å². The van der Waals surface area contributed by atoms with Crippen LogP contribution < -0.4 is 5.32 Å². The van der Waals surface area contributed by atoms with Gasteiger partial charge in [-0.15, -0.1) is 12.4 Å². The molecule has 0 bridgehead atoms. The zero-order valence-electron chi connectivity index (χ0n) is 7.86. The van der Waals surface area contributed by atoms with Crippen molar-refractivity contribution in [3.63, 3.8) is 0 Å². The average Bonchev–Trinajstić information content (AvgIpc) is 2.48. The van der Waals surface area contributed by atoms with Crippen molar-refractivity contribution >= 4 is 24.4 Å². The van der Waals surface area contributed by atoms with Crippen LogP contribution in [0, 0.1) is 0 Å². The molecule has 0 aliphatic heterocycles. The highest BCUT2D eigenvalue weighted by Gasteiger charge is 2.16. The molecule has 1 N–H and O–H groups in total. The first-order valence-electron chi connectivity index (χ1n) is 4.31. The highest BCUT2D eigenvalue weighted by Crippen LogP contribution is 2.27. The summed E-state index contributed by atoms with van der Waals surface area (Å²) in [4.78, 5) is 10.9. The minimum atomic E-state index is 0. The maximum absolute atomic E-state index is 10.9. The molecule has 1 aromatic rings. The van der Waals surface area contributed by atoms with Gasteiger partial charge in [-0.2, -0.15) is 0 Å². The molecule has 2 rings (SSSR count). The first kappa shape index (κ1) is 10.8. The lowest BCUT2D eigenvalue weighted by molar-refractivity contribution is -0.119. The van der Waals surface area contributed by atoms with E-state index in [9.17, 15) is 4.79 Å². The minimum absolute atomic E-state index is 0. The number of amides is 1. The summed E-state index contributed by atoms with van der Waals surface area (Å²) in [6.45, 7) is 1.54. The summed E-state index contributed by atoms with van der Waals surface area (Å²) in [5, 5.41) is 2.87. The van der Waals surface area contributed by atoms with Crippen LogP contribution in [0.4, 0.5) is 0 Å². The first-order valence-corrected chi connectivity index (χ1v) is 4.31. The van der Waals surface area contributed by atoms with E-state index in [1.165, 1.54) is 18.1 Å². The van der Waals surface area contributed by atoms with Crippen molar-refractivity contribution in [2.75, 3.05) is 0 Å². The Morgan fingerprint density at radius 1 is 1.36 bits per heavy atom. The molecule has 3 heteroatoms. The van der Waals surface area contributed by atoms with Gasteiger partial charge in [0, 0.05) is 6.92 Å². The zero-order chi connectivity index (χ0) is 9.26. The Kier molecular flexibility index (Phi) is 3.31. The maximum Gasteiger partial charge on any atom is 0.217 e. The molecule has 1 aromatic carbocycles. The third-order valence-electron chi connectivity index (χ3n) is 2.16. The van der Waals surface area contributed by atoms with E-state index in [1.54, 1.807) is 0 Å². The van der Waals surface area contributed by atoms with Crippen LogP contribution in [-0.2, 0) is 4.79 Å². The van der Waals surface area contributed by atoms with Crippen LogP contribution >= 0.6 is 12.4 Å². The maximum atomic E-state index is 10.9. The fourth-order valence-corrected chi connectivity index (χ4v) is 1.59. The Morgan fingerprint density at radius 2 is 2.07 bits per heavy atom. The molecule has 0 radical (unpaired) electrons. The molecule has 1 unspecified atom stereocenters. The standard InChI is InChI=1S/C11H11NO.ClH/c1-8(13)12-11-7-6-9-4-2-3-5-10(9)11;/h2-7,11H,1H3,(H,12,13);1H. The van der Waals surface area contributed by atoms with Crippen LogP contribution in [0.25, 0.3) is 6.08 Å². The molecule has 2 nitrogen and oxygen atoms in total. The Morgan fingerprint density at radius 3 is 2.79 bits per heavy atom. The Hall–Kier alpha value is -1.28. The van der Waals surface area contributed by atoms with Crippen molar-refractivity contribution < 1.29 is 4.79 Å². The highest BCUT2D eigenvalue weighted by molar-refractivity contribution is 5.85. The molecular formula is C11H12ClNO. The summed E-state index contributed by atoms with van der Waals surface area (Å²) in [5.41, 5.74) is 2.37. The van der Waals surface area contributed by atoms with E-state index >= 15 is 0 Å². The lowest BCUT2D eigenvalue weighted by atomic mass is 10.1. The van der Waals surface area contributed by atoms with Gasteiger partial charge in [0.25, 0.3) is 0 Å². The number of benzene rings is 1. The Labute approximate surface area is 89.4 Å². The molecule has 1 aliphatic rings. The Bertz CT molecular complexity index is 373. The second-order valence-corrected chi connectivity index (χ2v) is 3.17. The van der Waals surface area contributed by atoms with Gasteiger partial charge in [-0.1, -0.05) is 36.4 Å². The van der Waals surface area contributed by atoms with E-state index in [0.29, 0.717) is 0 Å². The molecule has 1 atom stereocenters. The van der Waals surface area contributed by atoms with E-state index in [-0.39, 0.29) is 24.4 Å². The minimum Gasteiger partial charge on any atom is -0.346 e. The van der Waals surface area contributed by atoms with Gasteiger partial charge in [0.05, 0.1) is 6.04 Å². The summed E-state index contributed by atoms with van der Waals surface area (Å²) < 4.78 is 0. The molecule has 0 saturated heterocycles. The van der Waals surface area contributed by atoms with Gasteiger partial charge in [-0.25, -0.2) is 0 Å². The van der Waals surface area contributed by atoms with Crippen LogP contribution in [-0.4, -0.2) is 5.91 Å². The van der Waals surface area contributed by atoms with Crippen LogP contribution in [0.1, 0.15) is 24.1 Å². The van der Waals surface area contributed by atoms with Gasteiger partial charge in [-0.3, -0.25) is 4.79 Å². The second-order valence-electron chi connectivity index (χ2n) is 3.17. The molecule has 1 amide bonds. The number of hydrogen-bond acceptors (Lipinski definition) is 1. The largest absolute Gasteiger partial charge is 0.346 e. The first-order chi connectivity index (χ1) is 6.27. The van der Waals surface area contributed by atoms with Crippen molar-refractivity contribution in [2.45, 2.75) is 13.0 Å². The number of halogens is 1. The monoisotopic (exact) mass is 209 g/mol. The third kappa shape index (κ3) is 1.96. The zero-order valence-corrected chi connectivity index (χ0v) is 8.67. The second kappa shape index (κ2) is 4.29. The fourth-order valence-electron chi connectivity index (χ4n) is 1.59. The fraction of sp³-hybridized carbons (Fsp3) is 0.182. The summed E-state index contributed by atoms with van der Waals surface area (Å²) in [6.07, 6.45) is 4.04. The van der Waals surface area contributed by atoms with E-state index in [0.717, 1.165) is 0 Å². The average molecular weight is 210 g/mol. The molecule has 0 heterocycles. The summed E-state index contributed by atoms with van der Waals surface area (Å²) in [5.74, 6) is 0.00588. The summed E-state index contributed by atoms with van der Waals surface area (Å²) in [7, 11) is 0. The molecular weight excluding hydrogens is 198 g/mol. The summed E-state index contributed by atoms with van der Waals surface area (Å²) >= 11 is 0. The number of hydrogen-bond donors (Lipinski definition) is 1. The molecule has 14 heavy (non-hydrogen) atoms. The molecule has 0 saturated carbocycles. The number of carbonyl (C=O) groups is 1. The normalized spacial score (nSPS) is 17.1. The lowest BCUT2D eigenvalue weighted by Gasteiger charge is -2.10. The van der Waals surface area contributed by atoms with Gasteiger partial charge in [0.15, 0.2) is 0 Å². The van der Waals surface area contributed by atoms with Gasteiger partial charge in [0.1, 0.15) is 0 Å². The molecule has 0 spiro atoms.